The van der Waals surface area contributed by atoms with E-state index in [1.165, 1.54) is 6.92 Å². The van der Waals surface area contributed by atoms with Crippen LogP contribution in [0, 0.1) is 5.92 Å². The van der Waals surface area contributed by atoms with Gasteiger partial charge in [0.2, 0.25) is 5.91 Å². The lowest BCUT2D eigenvalue weighted by atomic mass is 10.1. The fourth-order valence-corrected chi connectivity index (χ4v) is 3.21. The fourth-order valence-electron chi connectivity index (χ4n) is 3.21. The number of pyridine rings is 1. The lowest BCUT2D eigenvalue weighted by Crippen LogP contribution is -2.32. The predicted octanol–water partition coefficient (Wildman–Crippen LogP) is 1.90. The van der Waals surface area contributed by atoms with Gasteiger partial charge in [-0.2, -0.15) is 0 Å². The zero-order chi connectivity index (χ0) is 18.0. The van der Waals surface area contributed by atoms with Crippen LogP contribution in [-0.4, -0.2) is 55.4 Å². The highest BCUT2D eigenvalue weighted by Gasteiger charge is 2.28. The van der Waals surface area contributed by atoms with Crippen molar-refractivity contribution in [2.24, 2.45) is 5.92 Å². The molecule has 1 atom stereocenters. The van der Waals surface area contributed by atoms with E-state index >= 15 is 0 Å². The number of rotatable bonds is 4. The quantitative estimate of drug-likeness (QED) is 0.923. The van der Waals surface area contributed by atoms with Gasteiger partial charge >= 0.3 is 0 Å². The second kappa shape index (κ2) is 7.09. The molecule has 1 saturated heterocycles. The van der Waals surface area contributed by atoms with Gasteiger partial charge < -0.3 is 15.1 Å². The van der Waals surface area contributed by atoms with Crippen molar-refractivity contribution in [3.05, 3.63) is 35.9 Å². The van der Waals surface area contributed by atoms with Gasteiger partial charge in [-0.3, -0.25) is 9.59 Å². The molecular weight excluding hydrogens is 316 g/mol. The SMILES string of the molecule is CC(=O)NC[C@@H]1CCN(C(=O)c2cc(N(C)C)nc3ccccc23)C1. The Kier molecular flexibility index (Phi) is 4.88. The minimum atomic E-state index is -0.0273. The van der Waals surface area contributed by atoms with Crippen molar-refractivity contribution in [2.45, 2.75) is 13.3 Å². The Morgan fingerprint density at radius 2 is 2.08 bits per heavy atom. The zero-order valence-electron chi connectivity index (χ0n) is 15.0. The Morgan fingerprint density at radius 1 is 1.32 bits per heavy atom. The third-order valence-electron chi connectivity index (χ3n) is 4.60. The van der Waals surface area contributed by atoms with E-state index in [2.05, 4.69) is 10.3 Å². The smallest absolute Gasteiger partial charge is 0.254 e. The predicted molar refractivity (Wildman–Crippen MR) is 98.8 cm³/mol. The summed E-state index contributed by atoms with van der Waals surface area (Å²) in [6.07, 6.45) is 0.912. The molecule has 1 aromatic carbocycles. The average molecular weight is 340 g/mol. The van der Waals surface area contributed by atoms with E-state index in [1.807, 2.05) is 54.2 Å². The molecule has 0 radical (unpaired) electrons. The number of hydrogen-bond donors (Lipinski definition) is 1. The summed E-state index contributed by atoms with van der Waals surface area (Å²) in [5.74, 6) is 1.10. The number of anilines is 1. The number of fused-ring (bicyclic) bond motifs is 1. The number of amides is 2. The van der Waals surface area contributed by atoms with Gasteiger partial charge in [-0.15, -0.1) is 0 Å². The number of likely N-dealkylation sites (tertiary alicyclic amines) is 1. The number of benzene rings is 1. The van der Waals surface area contributed by atoms with Crippen LogP contribution in [0.5, 0.6) is 0 Å². The molecule has 0 unspecified atom stereocenters. The molecule has 6 nitrogen and oxygen atoms in total. The van der Waals surface area contributed by atoms with Gasteiger partial charge in [-0.1, -0.05) is 18.2 Å². The minimum Gasteiger partial charge on any atom is -0.363 e. The zero-order valence-corrected chi connectivity index (χ0v) is 15.0. The van der Waals surface area contributed by atoms with Crippen LogP contribution in [0.25, 0.3) is 10.9 Å². The standard InChI is InChI=1S/C19H24N4O2/c1-13(24)20-11-14-8-9-23(12-14)19(25)16-10-18(22(2)3)21-17-7-5-4-6-15(16)17/h4-7,10,14H,8-9,11-12H2,1-3H3,(H,20,24)/t14-/m0/s1. The van der Waals surface area contributed by atoms with E-state index in [1.54, 1.807) is 0 Å². The van der Waals surface area contributed by atoms with Crippen LogP contribution in [0.2, 0.25) is 0 Å². The number of para-hydroxylation sites is 1. The highest BCUT2D eigenvalue weighted by molar-refractivity contribution is 6.07. The van der Waals surface area contributed by atoms with E-state index < -0.39 is 0 Å². The first-order valence-electron chi connectivity index (χ1n) is 8.56. The van der Waals surface area contributed by atoms with Crippen molar-refractivity contribution in [3.63, 3.8) is 0 Å². The van der Waals surface area contributed by atoms with Crippen molar-refractivity contribution in [1.82, 2.24) is 15.2 Å². The van der Waals surface area contributed by atoms with Crippen molar-refractivity contribution in [1.29, 1.82) is 0 Å². The summed E-state index contributed by atoms with van der Waals surface area (Å²) in [7, 11) is 3.84. The normalized spacial score (nSPS) is 16.9. The molecule has 2 aromatic rings. The summed E-state index contributed by atoms with van der Waals surface area (Å²) in [6.45, 7) is 3.53. The number of nitrogens with zero attached hydrogens (tertiary/aromatic N) is 3. The molecule has 1 aliphatic rings. The third kappa shape index (κ3) is 3.73. The largest absolute Gasteiger partial charge is 0.363 e. The van der Waals surface area contributed by atoms with E-state index in [9.17, 15) is 9.59 Å². The molecular formula is C19H24N4O2. The molecule has 1 aliphatic heterocycles. The Hall–Kier alpha value is -2.63. The highest BCUT2D eigenvalue weighted by atomic mass is 16.2. The minimum absolute atomic E-state index is 0.0273. The van der Waals surface area contributed by atoms with E-state index in [0.717, 1.165) is 29.7 Å². The first kappa shape index (κ1) is 17.2. The van der Waals surface area contributed by atoms with Gasteiger partial charge in [0.25, 0.3) is 5.91 Å². The van der Waals surface area contributed by atoms with Crippen molar-refractivity contribution < 1.29 is 9.59 Å². The number of aromatic nitrogens is 1. The molecule has 2 amide bonds. The molecule has 132 valence electrons. The lowest BCUT2D eigenvalue weighted by Gasteiger charge is -2.20. The second-order valence-corrected chi connectivity index (χ2v) is 6.78. The van der Waals surface area contributed by atoms with Gasteiger partial charge in [0, 0.05) is 46.0 Å². The van der Waals surface area contributed by atoms with Crippen molar-refractivity contribution in [2.75, 3.05) is 38.6 Å². The van der Waals surface area contributed by atoms with Gasteiger partial charge in [-0.05, 0) is 24.5 Å². The second-order valence-electron chi connectivity index (χ2n) is 6.78. The maximum absolute atomic E-state index is 13.1. The van der Waals surface area contributed by atoms with Crippen LogP contribution >= 0.6 is 0 Å². The van der Waals surface area contributed by atoms with E-state index in [0.29, 0.717) is 24.6 Å². The molecule has 1 N–H and O–H groups in total. The van der Waals surface area contributed by atoms with Crippen LogP contribution in [-0.2, 0) is 4.79 Å². The number of nitrogens with one attached hydrogen (secondary N) is 1. The maximum Gasteiger partial charge on any atom is 0.254 e. The molecule has 0 aliphatic carbocycles. The fraction of sp³-hybridized carbons (Fsp3) is 0.421. The van der Waals surface area contributed by atoms with Crippen molar-refractivity contribution in [3.8, 4) is 0 Å². The summed E-state index contributed by atoms with van der Waals surface area (Å²) in [5.41, 5.74) is 1.51. The van der Waals surface area contributed by atoms with Gasteiger partial charge in [0.15, 0.2) is 0 Å². The summed E-state index contributed by atoms with van der Waals surface area (Å²) in [5, 5.41) is 3.72. The Labute approximate surface area is 147 Å². The number of carbonyl (C=O) groups excluding carboxylic acids is 2. The van der Waals surface area contributed by atoms with Gasteiger partial charge in [0.05, 0.1) is 11.1 Å². The molecule has 0 saturated carbocycles. The topological polar surface area (TPSA) is 65.5 Å². The monoisotopic (exact) mass is 340 g/mol. The summed E-state index contributed by atoms with van der Waals surface area (Å²) >= 11 is 0. The van der Waals surface area contributed by atoms with E-state index in [-0.39, 0.29) is 11.8 Å². The third-order valence-corrected chi connectivity index (χ3v) is 4.60. The Morgan fingerprint density at radius 3 is 2.80 bits per heavy atom. The van der Waals surface area contributed by atoms with Gasteiger partial charge in [0.1, 0.15) is 5.82 Å². The molecule has 25 heavy (non-hydrogen) atoms. The molecule has 1 aromatic heterocycles. The Bertz CT molecular complexity index is 803. The maximum atomic E-state index is 13.1. The average Bonchev–Trinajstić information content (AvgIpc) is 3.07. The molecule has 0 spiro atoms. The van der Waals surface area contributed by atoms with Crippen LogP contribution in [0.4, 0.5) is 5.82 Å². The van der Waals surface area contributed by atoms with Crippen LogP contribution in [0.3, 0.4) is 0 Å². The lowest BCUT2D eigenvalue weighted by molar-refractivity contribution is -0.119. The summed E-state index contributed by atoms with van der Waals surface area (Å²) < 4.78 is 0. The first-order chi connectivity index (χ1) is 12.0. The number of carbonyl (C=O) groups is 2. The van der Waals surface area contributed by atoms with Crippen LogP contribution < -0.4 is 10.2 Å². The Balaban J connectivity index is 1.86. The molecule has 0 bridgehead atoms. The first-order valence-corrected chi connectivity index (χ1v) is 8.56. The highest BCUT2D eigenvalue weighted by Crippen LogP contribution is 2.25. The van der Waals surface area contributed by atoms with Crippen LogP contribution in [0.15, 0.2) is 30.3 Å². The van der Waals surface area contributed by atoms with Crippen LogP contribution in [0.1, 0.15) is 23.7 Å². The molecule has 1 fully saturated rings. The molecule has 2 heterocycles. The van der Waals surface area contributed by atoms with Gasteiger partial charge in [-0.25, -0.2) is 4.98 Å². The summed E-state index contributed by atoms with van der Waals surface area (Å²) in [6, 6.07) is 9.61. The number of hydrogen-bond acceptors (Lipinski definition) is 4. The summed E-state index contributed by atoms with van der Waals surface area (Å²) in [4.78, 5) is 32.6. The van der Waals surface area contributed by atoms with Crippen molar-refractivity contribution >= 4 is 28.5 Å². The van der Waals surface area contributed by atoms with E-state index in [4.69, 9.17) is 0 Å². The molecule has 3 rings (SSSR count). The molecule has 6 heteroatoms.